The van der Waals surface area contributed by atoms with E-state index in [0.29, 0.717) is 36.5 Å². The van der Waals surface area contributed by atoms with Gasteiger partial charge in [0, 0.05) is 15.6 Å². The van der Waals surface area contributed by atoms with Gasteiger partial charge in [-0.25, -0.2) is 4.98 Å². The molecular formula is C16H14BrN3O3S2. The third-order valence-electron chi connectivity index (χ3n) is 3.51. The van der Waals surface area contributed by atoms with Gasteiger partial charge in [-0.2, -0.15) is 0 Å². The third kappa shape index (κ3) is 3.99. The molecule has 0 saturated carbocycles. The number of rotatable bonds is 5. The standard InChI is InChI=1S/C16H14BrN3O3S2/c1-9-18-11(8-24-9)5-15-19-20-16(23-15)25-7-10-4-13-14(6-12(10)17)22-3-2-21-13/h4,6,8H,2-3,5,7H2,1H3. The molecule has 0 bridgehead atoms. The number of fused-ring (bicyclic) bond motifs is 1. The Bertz CT molecular complexity index is 897. The first-order valence-electron chi connectivity index (χ1n) is 7.61. The number of thiazole rings is 1. The topological polar surface area (TPSA) is 70.3 Å². The Kier molecular flexibility index (Phi) is 4.96. The summed E-state index contributed by atoms with van der Waals surface area (Å²) in [7, 11) is 0. The van der Waals surface area contributed by atoms with E-state index >= 15 is 0 Å². The summed E-state index contributed by atoms with van der Waals surface area (Å²) in [5.74, 6) is 2.81. The Hall–Kier alpha value is -1.58. The molecule has 0 amide bonds. The summed E-state index contributed by atoms with van der Waals surface area (Å²) in [5.41, 5.74) is 2.04. The molecule has 0 atom stereocenters. The normalized spacial score (nSPS) is 13.2. The van der Waals surface area contributed by atoms with Gasteiger partial charge in [-0.15, -0.1) is 21.5 Å². The largest absolute Gasteiger partial charge is 0.486 e. The lowest BCUT2D eigenvalue weighted by Crippen LogP contribution is -2.15. The Morgan fingerprint density at radius 2 is 2.00 bits per heavy atom. The van der Waals surface area contributed by atoms with Crippen LogP contribution in [-0.2, 0) is 12.2 Å². The monoisotopic (exact) mass is 439 g/mol. The minimum absolute atomic E-state index is 0.545. The van der Waals surface area contributed by atoms with E-state index in [1.54, 1.807) is 11.3 Å². The predicted molar refractivity (Wildman–Crippen MR) is 98.6 cm³/mol. The summed E-state index contributed by atoms with van der Waals surface area (Å²) in [4.78, 5) is 4.41. The van der Waals surface area contributed by atoms with Crippen LogP contribution in [0, 0.1) is 6.92 Å². The van der Waals surface area contributed by atoms with Crippen molar-refractivity contribution in [3.05, 3.63) is 44.1 Å². The van der Waals surface area contributed by atoms with Crippen molar-refractivity contribution < 1.29 is 13.9 Å². The molecule has 0 saturated heterocycles. The van der Waals surface area contributed by atoms with Gasteiger partial charge in [-0.05, 0) is 24.6 Å². The van der Waals surface area contributed by atoms with E-state index in [0.717, 1.165) is 32.2 Å². The van der Waals surface area contributed by atoms with Crippen molar-refractivity contribution >= 4 is 39.0 Å². The molecule has 4 rings (SSSR count). The zero-order chi connectivity index (χ0) is 17.2. The van der Waals surface area contributed by atoms with Gasteiger partial charge in [0.15, 0.2) is 11.5 Å². The van der Waals surface area contributed by atoms with Gasteiger partial charge in [0.05, 0.1) is 17.1 Å². The van der Waals surface area contributed by atoms with E-state index in [-0.39, 0.29) is 0 Å². The fraction of sp³-hybridized carbons (Fsp3) is 0.312. The number of ether oxygens (including phenoxy) is 2. The SMILES string of the molecule is Cc1nc(Cc2nnc(SCc3cc4c(cc3Br)OCCO4)o2)cs1. The maximum atomic E-state index is 5.71. The van der Waals surface area contributed by atoms with Gasteiger partial charge >= 0.3 is 0 Å². The second kappa shape index (κ2) is 7.35. The molecule has 3 aromatic rings. The molecule has 6 nitrogen and oxygen atoms in total. The Labute approximate surface area is 161 Å². The second-order valence-corrected chi connectivity index (χ2v) is 8.22. The van der Waals surface area contributed by atoms with Crippen LogP contribution in [-0.4, -0.2) is 28.4 Å². The molecule has 130 valence electrons. The van der Waals surface area contributed by atoms with Crippen LogP contribution in [0.2, 0.25) is 0 Å². The molecule has 25 heavy (non-hydrogen) atoms. The van der Waals surface area contributed by atoms with Crippen molar-refractivity contribution in [1.29, 1.82) is 0 Å². The summed E-state index contributed by atoms with van der Waals surface area (Å²) in [6, 6.07) is 3.93. The zero-order valence-corrected chi connectivity index (χ0v) is 16.5. The first kappa shape index (κ1) is 16.9. The quantitative estimate of drug-likeness (QED) is 0.550. The second-order valence-electron chi connectivity index (χ2n) is 5.37. The summed E-state index contributed by atoms with van der Waals surface area (Å²) < 4.78 is 17.9. The molecule has 1 aromatic carbocycles. The van der Waals surface area contributed by atoms with Gasteiger partial charge in [0.25, 0.3) is 5.22 Å². The molecule has 1 aliphatic rings. The van der Waals surface area contributed by atoms with Gasteiger partial charge < -0.3 is 13.9 Å². The van der Waals surface area contributed by atoms with Crippen molar-refractivity contribution in [3.63, 3.8) is 0 Å². The first-order chi connectivity index (χ1) is 12.2. The predicted octanol–water partition coefficient (Wildman–Crippen LogP) is 4.25. The summed E-state index contributed by atoms with van der Waals surface area (Å²) in [6.07, 6.45) is 0.561. The van der Waals surface area contributed by atoms with Gasteiger partial charge in [-0.1, -0.05) is 27.7 Å². The Morgan fingerprint density at radius 1 is 1.20 bits per heavy atom. The molecule has 0 aliphatic carbocycles. The third-order valence-corrected chi connectivity index (χ3v) is 5.94. The van der Waals surface area contributed by atoms with Crippen molar-refractivity contribution in [2.45, 2.75) is 24.3 Å². The van der Waals surface area contributed by atoms with Gasteiger partial charge in [0.1, 0.15) is 13.2 Å². The Balaban J connectivity index is 1.42. The molecule has 1 aliphatic heterocycles. The number of benzene rings is 1. The smallest absolute Gasteiger partial charge is 0.276 e. The van der Waals surface area contributed by atoms with E-state index in [1.165, 1.54) is 11.8 Å². The first-order valence-corrected chi connectivity index (χ1v) is 10.3. The van der Waals surface area contributed by atoms with Crippen molar-refractivity contribution in [2.24, 2.45) is 0 Å². The lowest BCUT2D eigenvalue weighted by atomic mass is 10.2. The van der Waals surface area contributed by atoms with Crippen LogP contribution < -0.4 is 9.47 Å². The highest BCUT2D eigenvalue weighted by atomic mass is 79.9. The number of nitrogens with zero attached hydrogens (tertiary/aromatic N) is 3. The average molecular weight is 440 g/mol. The highest BCUT2D eigenvalue weighted by Crippen LogP contribution is 2.37. The van der Waals surface area contributed by atoms with Crippen LogP contribution in [0.4, 0.5) is 0 Å². The number of aromatic nitrogens is 3. The maximum Gasteiger partial charge on any atom is 0.276 e. The molecule has 0 radical (unpaired) electrons. The fourth-order valence-electron chi connectivity index (χ4n) is 2.37. The molecule has 9 heteroatoms. The lowest BCUT2D eigenvalue weighted by molar-refractivity contribution is 0.171. The summed E-state index contributed by atoms with van der Waals surface area (Å²) >= 11 is 6.69. The number of halogens is 1. The van der Waals surface area contributed by atoms with E-state index < -0.39 is 0 Å². The Morgan fingerprint density at radius 3 is 2.76 bits per heavy atom. The van der Waals surface area contributed by atoms with Crippen LogP contribution in [0.15, 0.2) is 31.6 Å². The highest BCUT2D eigenvalue weighted by Gasteiger charge is 2.16. The van der Waals surface area contributed by atoms with Crippen LogP contribution >= 0.6 is 39.0 Å². The molecule has 2 aromatic heterocycles. The molecule has 0 fully saturated rings. The summed E-state index contributed by atoms with van der Waals surface area (Å²) in [6.45, 7) is 3.13. The molecule has 0 N–H and O–H groups in total. The van der Waals surface area contributed by atoms with E-state index in [2.05, 4.69) is 31.1 Å². The van der Waals surface area contributed by atoms with Crippen LogP contribution in [0.5, 0.6) is 11.5 Å². The average Bonchev–Trinajstić information content (AvgIpc) is 3.22. The highest BCUT2D eigenvalue weighted by molar-refractivity contribution is 9.10. The summed E-state index contributed by atoms with van der Waals surface area (Å²) in [5, 5.41) is 11.8. The van der Waals surface area contributed by atoms with E-state index in [4.69, 9.17) is 13.9 Å². The van der Waals surface area contributed by atoms with Gasteiger partial charge in [0.2, 0.25) is 5.89 Å². The number of hydrogen-bond donors (Lipinski definition) is 0. The van der Waals surface area contributed by atoms with Gasteiger partial charge in [-0.3, -0.25) is 0 Å². The fourth-order valence-corrected chi connectivity index (χ4v) is 4.40. The van der Waals surface area contributed by atoms with Crippen molar-refractivity contribution in [3.8, 4) is 11.5 Å². The van der Waals surface area contributed by atoms with Crippen molar-refractivity contribution in [1.82, 2.24) is 15.2 Å². The maximum absolute atomic E-state index is 5.71. The molecule has 0 spiro atoms. The van der Waals surface area contributed by atoms with Crippen molar-refractivity contribution in [2.75, 3.05) is 13.2 Å². The van der Waals surface area contributed by atoms with E-state index in [9.17, 15) is 0 Å². The minimum atomic E-state index is 0.545. The number of aryl methyl sites for hydroxylation is 1. The molecular weight excluding hydrogens is 426 g/mol. The van der Waals surface area contributed by atoms with Crippen LogP contribution in [0.3, 0.4) is 0 Å². The zero-order valence-electron chi connectivity index (χ0n) is 13.3. The number of hydrogen-bond acceptors (Lipinski definition) is 8. The minimum Gasteiger partial charge on any atom is -0.486 e. The lowest BCUT2D eigenvalue weighted by Gasteiger charge is -2.19. The molecule has 3 heterocycles. The van der Waals surface area contributed by atoms with Crippen LogP contribution in [0.25, 0.3) is 0 Å². The number of thioether (sulfide) groups is 1. The molecule has 0 unspecified atom stereocenters. The van der Waals surface area contributed by atoms with E-state index in [1.807, 2.05) is 24.4 Å². The van der Waals surface area contributed by atoms with Crippen LogP contribution in [0.1, 0.15) is 22.2 Å².